The molecular weight excluding hydrogens is 345 g/mol. The van der Waals surface area contributed by atoms with Crippen molar-refractivity contribution < 1.29 is 9.90 Å². The molecular formula is C19H15Cl2NO2. The highest BCUT2D eigenvalue weighted by Gasteiger charge is 2.38. The van der Waals surface area contributed by atoms with E-state index in [9.17, 15) is 9.90 Å². The highest BCUT2D eigenvalue weighted by molar-refractivity contribution is 6.35. The number of hydrogen-bond donors (Lipinski definition) is 2. The van der Waals surface area contributed by atoms with Crippen molar-refractivity contribution in [1.29, 1.82) is 0 Å². The van der Waals surface area contributed by atoms with Crippen molar-refractivity contribution in [1.82, 2.24) is 0 Å². The lowest BCUT2D eigenvalue weighted by molar-refractivity contribution is 0.0696. The van der Waals surface area contributed by atoms with Crippen LogP contribution in [0.2, 0.25) is 10.0 Å². The van der Waals surface area contributed by atoms with Gasteiger partial charge < -0.3 is 10.4 Å². The Morgan fingerprint density at radius 1 is 1.12 bits per heavy atom. The molecule has 0 amide bonds. The fraction of sp³-hybridized carbons (Fsp3) is 0.211. The van der Waals surface area contributed by atoms with Crippen LogP contribution in [0.3, 0.4) is 0 Å². The highest BCUT2D eigenvalue weighted by Crippen LogP contribution is 2.51. The van der Waals surface area contributed by atoms with E-state index in [1.807, 2.05) is 18.2 Å². The summed E-state index contributed by atoms with van der Waals surface area (Å²) in [5.74, 6) is -0.406. The van der Waals surface area contributed by atoms with Gasteiger partial charge in [0.2, 0.25) is 0 Å². The number of allylic oxidation sites excluding steroid dienone is 2. The van der Waals surface area contributed by atoms with Gasteiger partial charge >= 0.3 is 5.97 Å². The van der Waals surface area contributed by atoms with Crippen molar-refractivity contribution in [2.24, 2.45) is 5.92 Å². The highest BCUT2D eigenvalue weighted by atomic mass is 35.5. The molecule has 2 N–H and O–H groups in total. The van der Waals surface area contributed by atoms with Gasteiger partial charge in [0, 0.05) is 21.7 Å². The van der Waals surface area contributed by atoms with Crippen molar-refractivity contribution in [3.63, 3.8) is 0 Å². The van der Waals surface area contributed by atoms with E-state index in [0.717, 1.165) is 23.2 Å². The van der Waals surface area contributed by atoms with Crippen LogP contribution in [0.15, 0.2) is 48.6 Å². The summed E-state index contributed by atoms with van der Waals surface area (Å²) in [5, 5.41) is 14.1. The zero-order valence-corrected chi connectivity index (χ0v) is 14.2. The third-order valence-corrected chi connectivity index (χ3v) is 5.47. The largest absolute Gasteiger partial charge is 0.478 e. The Bertz CT molecular complexity index is 862. The monoisotopic (exact) mass is 359 g/mol. The molecule has 1 aliphatic carbocycles. The van der Waals surface area contributed by atoms with Gasteiger partial charge in [0.25, 0.3) is 0 Å². The number of carboxylic acid groups (broad SMARTS) is 1. The molecule has 24 heavy (non-hydrogen) atoms. The lowest BCUT2D eigenvalue weighted by Crippen LogP contribution is -2.29. The molecule has 2 aromatic carbocycles. The Labute approximate surface area is 149 Å². The molecule has 122 valence electrons. The van der Waals surface area contributed by atoms with E-state index >= 15 is 0 Å². The first-order chi connectivity index (χ1) is 11.5. The van der Waals surface area contributed by atoms with Gasteiger partial charge in [-0.25, -0.2) is 4.79 Å². The standard InChI is InChI=1S/C19H15Cl2NO2/c20-11-5-6-14(16(21)9-11)18-13-3-1-2-12(13)15-8-10(19(23)24)4-7-17(15)22-18/h1-2,4-9,12-13,18,22H,3H2,(H,23,24)/t12-,13+,18-/m0/s1. The second-order valence-corrected chi connectivity index (χ2v) is 7.09. The molecule has 5 heteroatoms. The average molecular weight is 360 g/mol. The van der Waals surface area contributed by atoms with E-state index in [2.05, 4.69) is 17.5 Å². The molecule has 0 saturated heterocycles. The van der Waals surface area contributed by atoms with E-state index in [1.165, 1.54) is 0 Å². The molecule has 1 heterocycles. The quantitative estimate of drug-likeness (QED) is 0.694. The molecule has 3 nitrogen and oxygen atoms in total. The normalized spacial score (nSPS) is 24.2. The number of benzene rings is 2. The SMILES string of the molecule is O=C(O)c1ccc2c(c1)[C@H]1C=CC[C@H]1[C@@H](c1ccc(Cl)cc1Cl)N2. The number of carboxylic acids is 1. The van der Waals surface area contributed by atoms with Crippen LogP contribution in [-0.4, -0.2) is 11.1 Å². The lowest BCUT2D eigenvalue weighted by atomic mass is 9.76. The second-order valence-electron chi connectivity index (χ2n) is 6.25. The van der Waals surface area contributed by atoms with Crippen LogP contribution in [0.25, 0.3) is 0 Å². The van der Waals surface area contributed by atoms with Gasteiger partial charge in [0.05, 0.1) is 11.6 Å². The number of fused-ring (bicyclic) bond motifs is 3. The molecule has 0 unspecified atom stereocenters. The molecule has 0 saturated carbocycles. The number of anilines is 1. The molecule has 0 spiro atoms. The number of halogens is 2. The van der Waals surface area contributed by atoms with E-state index in [-0.39, 0.29) is 12.0 Å². The first kappa shape index (κ1) is 15.6. The van der Waals surface area contributed by atoms with Crippen molar-refractivity contribution in [2.75, 3.05) is 5.32 Å². The summed E-state index contributed by atoms with van der Waals surface area (Å²) in [7, 11) is 0. The Morgan fingerprint density at radius 3 is 2.71 bits per heavy atom. The molecule has 2 aromatic rings. The Hall–Kier alpha value is -1.97. The van der Waals surface area contributed by atoms with E-state index in [1.54, 1.807) is 18.2 Å². The Balaban J connectivity index is 1.79. The van der Waals surface area contributed by atoms with Crippen molar-refractivity contribution in [3.8, 4) is 0 Å². The van der Waals surface area contributed by atoms with Gasteiger partial charge in [-0.05, 0) is 53.8 Å². The maximum absolute atomic E-state index is 11.3. The predicted molar refractivity (Wildman–Crippen MR) is 96.2 cm³/mol. The minimum Gasteiger partial charge on any atom is -0.478 e. The molecule has 3 atom stereocenters. The van der Waals surface area contributed by atoms with Gasteiger partial charge in [-0.3, -0.25) is 0 Å². The topological polar surface area (TPSA) is 49.3 Å². The third-order valence-electron chi connectivity index (χ3n) is 4.91. The first-order valence-corrected chi connectivity index (χ1v) is 8.55. The van der Waals surface area contributed by atoms with Crippen LogP contribution in [0.5, 0.6) is 0 Å². The summed E-state index contributed by atoms with van der Waals surface area (Å²) in [4.78, 5) is 11.3. The zero-order valence-electron chi connectivity index (χ0n) is 12.7. The number of aromatic carboxylic acids is 1. The number of rotatable bonds is 2. The number of hydrogen-bond acceptors (Lipinski definition) is 2. The molecule has 2 aliphatic rings. The molecule has 0 bridgehead atoms. The summed E-state index contributed by atoms with van der Waals surface area (Å²) in [6.07, 6.45) is 5.27. The van der Waals surface area contributed by atoms with Gasteiger partial charge in [-0.1, -0.05) is 41.4 Å². The smallest absolute Gasteiger partial charge is 0.335 e. The minimum absolute atomic E-state index is 0.0675. The summed E-state index contributed by atoms with van der Waals surface area (Å²) in [5.41, 5.74) is 3.34. The minimum atomic E-state index is -0.904. The Kier molecular flexibility index (Phi) is 3.78. The fourth-order valence-electron chi connectivity index (χ4n) is 3.79. The van der Waals surface area contributed by atoms with Crippen LogP contribution in [0, 0.1) is 5.92 Å². The van der Waals surface area contributed by atoms with Crippen molar-refractivity contribution in [3.05, 3.63) is 75.3 Å². The van der Waals surface area contributed by atoms with E-state index in [4.69, 9.17) is 23.2 Å². The average Bonchev–Trinajstić information content (AvgIpc) is 3.04. The van der Waals surface area contributed by atoms with Crippen molar-refractivity contribution in [2.45, 2.75) is 18.4 Å². The molecule has 1 aliphatic heterocycles. The number of carbonyl (C=O) groups is 1. The van der Waals surface area contributed by atoms with E-state index in [0.29, 0.717) is 21.5 Å². The predicted octanol–water partition coefficient (Wildman–Crippen LogP) is 5.52. The second kappa shape index (κ2) is 5.83. The van der Waals surface area contributed by atoms with Crippen LogP contribution in [0.1, 0.15) is 39.9 Å². The Morgan fingerprint density at radius 2 is 1.96 bits per heavy atom. The van der Waals surface area contributed by atoms with Gasteiger partial charge in [-0.2, -0.15) is 0 Å². The summed E-state index contributed by atoms with van der Waals surface area (Å²) < 4.78 is 0. The first-order valence-electron chi connectivity index (χ1n) is 7.80. The van der Waals surface area contributed by atoms with Crippen molar-refractivity contribution >= 4 is 34.9 Å². The molecule has 0 radical (unpaired) electrons. The lowest BCUT2D eigenvalue weighted by Gasteiger charge is -2.38. The van der Waals surface area contributed by atoms with Crippen LogP contribution >= 0.6 is 23.2 Å². The molecule has 4 rings (SSSR count). The van der Waals surface area contributed by atoms with Gasteiger partial charge in [0.15, 0.2) is 0 Å². The van der Waals surface area contributed by atoms with E-state index < -0.39 is 5.97 Å². The summed E-state index contributed by atoms with van der Waals surface area (Å²) in [6.45, 7) is 0. The summed E-state index contributed by atoms with van der Waals surface area (Å²) >= 11 is 12.4. The van der Waals surface area contributed by atoms with Crippen LogP contribution in [0.4, 0.5) is 5.69 Å². The van der Waals surface area contributed by atoms with Crippen LogP contribution in [-0.2, 0) is 0 Å². The summed E-state index contributed by atoms with van der Waals surface area (Å²) in [6, 6.07) is 10.9. The number of nitrogens with one attached hydrogen (secondary N) is 1. The molecule has 0 aromatic heterocycles. The maximum Gasteiger partial charge on any atom is 0.335 e. The zero-order chi connectivity index (χ0) is 16.8. The maximum atomic E-state index is 11.3. The van der Waals surface area contributed by atoms with Gasteiger partial charge in [-0.15, -0.1) is 0 Å². The van der Waals surface area contributed by atoms with Crippen LogP contribution < -0.4 is 5.32 Å². The fourth-order valence-corrected chi connectivity index (χ4v) is 4.32. The van der Waals surface area contributed by atoms with Gasteiger partial charge in [0.1, 0.15) is 0 Å². The molecule has 0 fully saturated rings. The third kappa shape index (κ3) is 2.48.